The fourth-order valence-corrected chi connectivity index (χ4v) is 2.93. The topological polar surface area (TPSA) is 52.5 Å². The second-order valence-corrected chi connectivity index (χ2v) is 5.47. The molecule has 1 heterocycles. The molecule has 0 bridgehead atoms. The molecule has 0 spiro atoms. The number of fused-ring (bicyclic) bond motifs is 1. The Balaban J connectivity index is 2.21. The molecule has 0 fully saturated rings. The number of benzene rings is 2. The van der Waals surface area contributed by atoms with Crippen LogP contribution in [-0.2, 0) is 11.8 Å². The van der Waals surface area contributed by atoms with E-state index >= 15 is 0 Å². The normalized spacial score (nSPS) is 10.8. The maximum Gasteiger partial charge on any atom is 0.270 e. The Kier molecular flexibility index (Phi) is 4.53. The molecular weight excluding hydrogens is 304 g/mol. The lowest BCUT2D eigenvalue weighted by Gasteiger charge is -2.09. The van der Waals surface area contributed by atoms with Gasteiger partial charge in [-0.15, -0.1) is 0 Å². The fraction of sp³-hybridized carbons (Fsp3) is 0.211. The van der Waals surface area contributed by atoms with E-state index in [-0.39, 0.29) is 12.6 Å². The number of amides is 1. The summed E-state index contributed by atoms with van der Waals surface area (Å²) in [5, 5.41) is 3.81. The van der Waals surface area contributed by atoms with E-state index in [1.807, 2.05) is 60.1 Å². The molecule has 1 aromatic heterocycles. The Morgan fingerprint density at radius 3 is 2.46 bits per heavy atom. The van der Waals surface area contributed by atoms with Crippen molar-refractivity contribution in [2.45, 2.75) is 0 Å². The number of para-hydroxylation sites is 1. The first-order valence-corrected chi connectivity index (χ1v) is 7.66. The molecule has 3 rings (SSSR count). The fourth-order valence-electron chi connectivity index (χ4n) is 2.93. The standard InChI is InChI=1S/C19H20N2O3/c1-21-16-7-5-4-6-15(16)17(18(21)19(22)20-12-23-2)13-8-10-14(24-3)11-9-13/h4-11H,12H2,1-3H3,(H,20,22). The quantitative estimate of drug-likeness (QED) is 0.733. The van der Waals surface area contributed by atoms with Gasteiger partial charge in [0, 0.05) is 30.6 Å². The summed E-state index contributed by atoms with van der Waals surface area (Å²) in [7, 11) is 5.08. The number of methoxy groups -OCH3 is 2. The summed E-state index contributed by atoms with van der Waals surface area (Å²) in [6, 6.07) is 15.7. The first-order valence-electron chi connectivity index (χ1n) is 7.66. The van der Waals surface area contributed by atoms with Crippen LogP contribution in [0, 0.1) is 0 Å². The highest BCUT2D eigenvalue weighted by atomic mass is 16.5. The molecule has 0 aliphatic rings. The summed E-state index contributed by atoms with van der Waals surface area (Å²) < 4.78 is 12.1. The van der Waals surface area contributed by atoms with Crippen molar-refractivity contribution in [3.05, 3.63) is 54.2 Å². The number of hydrogen-bond donors (Lipinski definition) is 1. The first-order chi connectivity index (χ1) is 11.7. The number of carbonyl (C=O) groups excluding carboxylic acids is 1. The number of rotatable bonds is 5. The predicted octanol–water partition coefficient (Wildman–Crippen LogP) is 3.19. The highest BCUT2D eigenvalue weighted by Crippen LogP contribution is 2.35. The van der Waals surface area contributed by atoms with Crippen LogP contribution in [0.1, 0.15) is 10.5 Å². The summed E-state index contributed by atoms with van der Waals surface area (Å²) in [4.78, 5) is 12.7. The molecule has 0 saturated carbocycles. The van der Waals surface area contributed by atoms with Crippen LogP contribution in [0.15, 0.2) is 48.5 Å². The minimum atomic E-state index is -0.165. The van der Waals surface area contributed by atoms with Crippen LogP contribution in [0.25, 0.3) is 22.0 Å². The number of carbonyl (C=O) groups is 1. The van der Waals surface area contributed by atoms with Crippen molar-refractivity contribution in [2.24, 2.45) is 7.05 Å². The number of aromatic nitrogens is 1. The van der Waals surface area contributed by atoms with E-state index in [1.165, 1.54) is 0 Å². The number of hydrogen-bond acceptors (Lipinski definition) is 3. The van der Waals surface area contributed by atoms with Gasteiger partial charge in [0.2, 0.25) is 0 Å². The van der Waals surface area contributed by atoms with Crippen molar-refractivity contribution in [3.8, 4) is 16.9 Å². The summed E-state index contributed by atoms with van der Waals surface area (Å²) >= 11 is 0. The second-order valence-electron chi connectivity index (χ2n) is 5.47. The van der Waals surface area contributed by atoms with Gasteiger partial charge >= 0.3 is 0 Å². The molecule has 0 unspecified atom stereocenters. The summed E-state index contributed by atoms with van der Waals surface area (Å²) in [6.45, 7) is 0.169. The molecular formula is C19H20N2O3. The van der Waals surface area contributed by atoms with Gasteiger partial charge in [0.1, 0.15) is 18.2 Å². The third kappa shape index (κ3) is 2.74. The Labute approximate surface area is 140 Å². The summed E-state index contributed by atoms with van der Waals surface area (Å²) in [5.41, 5.74) is 3.49. The molecule has 2 aromatic carbocycles. The third-order valence-electron chi connectivity index (χ3n) is 4.08. The van der Waals surface area contributed by atoms with E-state index in [0.29, 0.717) is 5.69 Å². The molecule has 1 amide bonds. The van der Waals surface area contributed by atoms with E-state index in [4.69, 9.17) is 9.47 Å². The van der Waals surface area contributed by atoms with Crippen molar-refractivity contribution in [1.29, 1.82) is 0 Å². The minimum Gasteiger partial charge on any atom is -0.497 e. The van der Waals surface area contributed by atoms with Gasteiger partial charge in [-0.1, -0.05) is 30.3 Å². The Hall–Kier alpha value is -2.79. The van der Waals surface area contributed by atoms with Gasteiger partial charge in [0.25, 0.3) is 5.91 Å². The van der Waals surface area contributed by atoms with E-state index in [2.05, 4.69) is 5.32 Å². The molecule has 0 radical (unpaired) electrons. The zero-order chi connectivity index (χ0) is 17.1. The smallest absolute Gasteiger partial charge is 0.270 e. The monoisotopic (exact) mass is 324 g/mol. The highest BCUT2D eigenvalue weighted by molar-refractivity contribution is 6.10. The van der Waals surface area contributed by atoms with Crippen LogP contribution >= 0.6 is 0 Å². The molecule has 1 N–H and O–H groups in total. The molecule has 0 atom stereocenters. The lowest BCUT2D eigenvalue weighted by atomic mass is 10.0. The van der Waals surface area contributed by atoms with Crippen molar-refractivity contribution >= 4 is 16.8 Å². The van der Waals surface area contributed by atoms with Crippen molar-refractivity contribution in [1.82, 2.24) is 9.88 Å². The number of aryl methyl sites for hydroxylation is 1. The Bertz CT molecular complexity index is 866. The molecule has 0 aliphatic heterocycles. The minimum absolute atomic E-state index is 0.165. The van der Waals surface area contributed by atoms with E-state index in [0.717, 1.165) is 27.8 Å². The van der Waals surface area contributed by atoms with Gasteiger partial charge in [-0.3, -0.25) is 4.79 Å². The van der Waals surface area contributed by atoms with Crippen LogP contribution < -0.4 is 10.1 Å². The molecule has 0 saturated heterocycles. The van der Waals surface area contributed by atoms with Crippen molar-refractivity contribution in [3.63, 3.8) is 0 Å². The van der Waals surface area contributed by atoms with Crippen molar-refractivity contribution < 1.29 is 14.3 Å². The third-order valence-corrected chi connectivity index (χ3v) is 4.08. The summed E-state index contributed by atoms with van der Waals surface area (Å²) in [5.74, 6) is 0.616. The van der Waals surface area contributed by atoms with Gasteiger partial charge in [-0.25, -0.2) is 0 Å². The van der Waals surface area contributed by atoms with Crippen LogP contribution in [-0.4, -0.2) is 31.4 Å². The van der Waals surface area contributed by atoms with Gasteiger partial charge in [-0.2, -0.15) is 0 Å². The van der Waals surface area contributed by atoms with Gasteiger partial charge in [-0.05, 0) is 23.8 Å². The molecule has 3 aromatic rings. The van der Waals surface area contributed by atoms with E-state index in [9.17, 15) is 4.79 Å². The lowest BCUT2D eigenvalue weighted by molar-refractivity contribution is 0.0865. The molecule has 124 valence electrons. The zero-order valence-corrected chi connectivity index (χ0v) is 14.0. The van der Waals surface area contributed by atoms with Crippen LogP contribution in [0.2, 0.25) is 0 Å². The molecule has 5 heteroatoms. The van der Waals surface area contributed by atoms with Crippen LogP contribution in [0.5, 0.6) is 5.75 Å². The van der Waals surface area contributed by atoms with Crippen LogP contribution in [0.4, 0.5) is 0 Å². The summed E-state index contributed by atoms with van der Waals surface area (Å²) in [6.07, 6.45) is 0. The maximum atomic E-state index is 12.7. The number of nitrogens with one attached hydrogen (secondary N) is 1. The van der Waals surface area contributed by atoms with Gasteiger partial charge in [0.15, 0.2) is 0 Å². The van der Waals surface area contributed by atoms with Crippen molar-refractivity contribution in [2.75, 3.05) is 21.0 Å². The first kappa shape index (κ1) is 16.1. The number of nitrogens with zero attached hydrogens (tertiary/aromatic N) is 1. The van der Waals surface area contributed by atoms with Gasteiger partial charge < -0.3 is 19.4 Å². The largest absolute Gasteiger partial charge is 0.497 e. The van der Waals surface area contributed by atoms with E-state index in [1.54, 1.807) is 14.2 Å². The molecule has 0 aliphatic carbocycles. The maximum absolute atomic E-state index is 12.7. The van der Waals surface area contributed by atoms with Crippen LogP contribution in [0.3, 0.4) is 0 Å². The zero-order valence-electron chi connectivity index (χ0n) is 14.0. The SMILES string of the molecule is COCNC(=O)c1c(-c2ccc(OC)cc2)c2ccccc2n1C. The lowest BCUT2D eigenvalue weighted by Crippen LogP contribution is -2.27. The average molecular weight is 324 g/mol. The van der Waals surface area contributed by atoms with Gasteiger partial charge in [0.05, 0.1) is 7.11 Å². The molecule has 24 heavy (non-hydrogen) atoms. The second kappa shape index (κ2) is 6.76. The number of ether oxygens (including phenoxy) is 2. The predicted molar refractivity (Wildman–Crippen MR) is 94.2 cm³/mol. The van der Waals surface area contributed by atoms with E-state index < -0.39 is 0 Å². The average Bonchev–Trinajstić information content (AvgIpc) is 2.93. The Morgan fingerprint density at radius 2 is 1.79 bits per heavy atom. The highest BCUT2D eigenvalue weighted by Gasteiger charge is 2.21. The molecule has 5 nitrogen and oxygen atoms in total. The Morgan fingerprint density at radius 1 is 1.08 bits per heavy atom.